The number of pyridine rings is 1. The van der Waals surface area contributed by atoms with Gasteiger partial charge in [-0.3, -0.25) is 0 Å². The molecule has 1 aromatic carbocycles. The molecule has 3 nitrogen and oxygen atoms in total. The molecule has 1 aromatic heterocycles. The quantitative estimate of drug-likeness (QED) is 0.849. The first-order chi connectivity index (χ1) is 9.36. The maximum atomic E-state index is 12.7. The van der Waals surface area contributed by atoms with Gasteiger partial charge in [-0.05, 0) is 23.8 Å². The number of nitrogen functional groups attached to an aromatic ring is 1. The molecule has 1 heterocycles. The van der Waals surface area contributed by atoms with Crippen molar-refractivity contribution in [3.05, 3.63) is 53.6 Å². The molecule has 0 aliphatic heterocycles. The number of alkyl halides is 3. The minimum atomic E-state index is -4.53. The van der Waals surface area contributed by atoms with Gasteiger partial charge >= 0.3 is 6.18 Å². The molecule has 106 valence electrons. The lowest BCUT2D eigenvalue weighted by Crippen LogP contribution is -2.10. The minimum absolute atomic E-state index is 0.111. The standard InChI is InChI=1S/C13H11F4N3/c14-9-3-1-8(2-4-9)6-19-11-5-12(13(15,16)17)20-7-10(11)18/h1-5,7H,6,18H2,(H,19,20). The summed E-state index contributed by atoms with van der Waals surface area (Å²) in [4.78, 5) is 3.24. The largest absolute Gasteiger partial charge is 0.433 e. The Bertz CT molecular complexity index is 594. The van der Waals surface area contributed by atoms with Crippen molar-refractivity contribution in [2.45, 2.75) is 12.7 Å². The molecule has 0 aliphatic carbocycles. The first kappa shape index (κ1) is 14.1. The zero-order valence-corrected chi connectivity index (χ0v) is 10.2. The minimum Gasteiger partial charge on any atom is -0.396 e. The summed E-state index contributed by atoms with van der Waals surface area (Å²) in [6.07, 6.45) is -3.57. The summed E-state index contributed by atoms with van der Waals surface area (Å²) in [7, 11) is 0. The van der Waals surface area contributed by atoms with Crippen molar-refractivity contribution in [2.75, 3.05) is 11.1 Å². The van der Waals surface area contributed by atoms with Crippen LogP contribution in [0.1, 0.15) is 11.3 Å². The second-order valence-corrected chi connectivity index (χ2v) is 4.13. The van der Waals surface area contributed by atoms with Crippen LogP contribution in [0.2, 0.25) is 0 Å². The molecule has 0 radical (unpaired) electrons. The molecule has 0 aliphatic rings. The van der Waals surface area contributed by atoms with Crippen molar-refractivity contribution in [3.8, 4) is 0 Å². The third kappa shape index (κ3) is 3.37. The zero-order chi connectivity index (χ0) is 14.8. The van der Waals surface area contributed by atoms with E-state index in [4.69, 9.17) is 5.73 Å². The van der Waals surface area contributed by atoms with E-state index in [1.807, 2.05) is 0 Å². The van der Waals surface area contributed by atoms with Gasteiger partial charge in [-0.2, -0.15) is 13.2 Å². The van der Waals surface area contributed by atoms with Crippen LogP contribution >= 0.6 is 0 Å². The highest BCUT2D eigenvalue weighted by Crippen LogP contribution is 2.31. The number of anilines is 2. The molecule has 3 N–H and O–H groups in total. The molecule has 7 heteroatoms. The molecule has 0 saturated carbocycles. The summed E-state index contributed by atoms with van der Waals surface area (Å²) in [6.45, 7) is 0.228. The molecule has 20 heavy (non-hydrogen) atoms. The van der Waals surface area contributed by atoms with Crippen LogP contribution in [0.4, 0.5) is 28.9 Å². The fraction of sp³-hybridized carbons (Fsp3) is 0.154. The van der Waals surface area contributed by atoms with Gasteiger partial charge in [0.2, 0.25) is 0 Å². The van der Waals surface area contributed by atoms with Gasteiger partial charge in [0.15, 0.2) is 0 Å². The van der Waals surface area contributed by atoms with Crippen LogP contribution < -0.4 is 11.1 Å². The number of nitrogens with two attached hydrogens (primary N) is 1. The highest BCUT2D eigenvalue weighted by atomic mass is 19.4. The Morgan fingerprint density at radius 1 is 1.15 bits per heavy atom. The Kier molecular flexibility index (Phi) is 3.78. The highest BCUT2D eigenvalue weighted by molar-refractivity contribution is 5.65. The first-order valence-corrected chi connectivity index (χ1v) is 5.67. The second kappa shape index (κ2) is 5.36. The second-order valence-electron chi connectivity index (χ2n) is 4.13. The maximum Gasteiger partial charge on any atom is 0.433 e. The van der Waals surface area contributed by atoms with E-state index in [0.29, 0.717) is 0 Å². The Hall–Kier alpha value is -2.31. The smallest absolute Gasteiger partial charge is 0.396 e. The summed E-state index contributed by atoms with van der Waals surface area (Å²) in [5, 5.41) is 2.77. The average molecular weight is 285 g/mol. The molecule has 2 aromatic rings. The van der Waals surface area contributed by atoms with Gasteiger partial charge < -0.3 is 11.1 Å². The molecule has 0 unspecified atom stereocenters. The average Bonchev–Trinajstić information content (AvgIpc) is 2.38. The normalized spacial score (nSPS) is 11.4. The molecule has 0 amide bonds. The van der Waals surface area contributed by atoms with Crippen molar-refractivity contribution in [3.63, 3.8) is 0 Å². The van der Waals surface area contributed by atoms with E-state index in [0.717, 1.165) is 17.8 Å². The summed E-state index contributed by atoms with van der Waals surface area (Å²) in [5.74, 6) is -0.378. The van der Waals surface area contributed by atoms with E-state index >= 15 is 0 Å². The van der Waals surface area contributed by atoms with Crippen LogP contribution in [0.3, 0.4) is 0 Å². The Balaban J connectivity index is 2.14. The van der Waals surface area contributed by atoms with Crippen LogP contribution in [0.5, 0.6) is 0 Å². The molecule has 0 atom stereocenters. The summed E-state index contributed by atoms with van der Waals surface area (Å²) < 4.78 is 50.3. The van der Waals surface area contributed by atoms with Crippen LogP contribution in [-0.2, 0) is 12.7 Å². The van der Waals surface area contributed by atoms with E-state index in [1.54, 1.807) is 0 Å². The summed E-state index contributed by atoms with van der Waals surface area (Å²) in [6, 6.07) is 6.45. The van der Waals surface area contributed by atoms with Crippen molar-refractivity contribution in [2.24, 2.45) is 0 Å². The van der Waals surface area contributed by atoms with Crippen LogP contribution in [0.15, 0.2) is 36.5 Å². The number of benzene rings is 1. The third-order valence-electron chi connectivity index (χ3n) is 2.62. The fourth-order valence-corrected chi connectivity index (χ4v) is 1.57. The Labute approximate surface area is 112 Å². The number of nitrogens with zero attached hydrogens (tertiary/aromatic N) is 1. The molecule has 0 saturated heterocycles. The van der Waals surface area contributed by atoms with Gasteiger partial charge in [0.25, 0.3) is 0 Å². The topological polar surface area (TPSA) is 50.9 Å². The predicted molar refractivity (Wildman–Crippen MR) is 67.4 cm³/mol. The van der Waals surface area contributed by atoms with Crippen LogP contribution in [-0.4, -0.2) is 4.98 Å². The van der Waals surface area contributed by atoms with Crippen molar-refractivity contribution < 1.29 is 17.6 Å². The Morgan fingerprint density at radius 3 is 2.40 bits per heavy atom. The molecule has 2 rings (SSSR count). The van der Waals surface area contributed by atoms with Crippen molar-refractivity contribution >= 4 is 11.4 Å². The Morgan fingerprint density at radius 2 is 1.80 bits per heavy atom. The van der Waals surface area contributed by atoms with Gasteiger partial charge in [0.05, 0.1) is 17.6 Å². The van der Waals surface area contributed by atoms with Gasteiger partial charge in [0, 0.05) is 6.54 Å². The van der Waals surface area contributed by atoms with E-state index in [1.165, 1.54) is 24.3 Å². The van der Waals surface area contributed by atoms with E-state index < -0.39 is 11.9 Å². The number of nitrogens with one attached hydrogen (secondary N) is 1. The summed E-state index contributed by atoms with van der Waals surface area (Å²) in [5.41, 5.74) is 5.51. The third-order valence-corrected chi connectivity index (χ3v) is 2.62. The molecular formula is C13H11F4N3. The van der Waals surface area contributed by atoms with Gasteiger partial charge in [-0.15, -0.1) is 0 Å². The van der Waals surface area contributed by atoms with E-state index in [2.05, 4.69) is 10.3 Å². The van der Waals surface area contributed by atoms with Crippen molar-refractivity contribution in [1.29, 1.82) is 0 Å². The molecular weight excluding hydrogens is 274 g/mol. The van der Waals surface area contributed by atoms with Crippen LogP contribution in [0, 0.1) is 5.82 Å². The molecule has 0 bridgehead atoms. The maximum absolute atomic E-state index is 12.7. The first-order valence-electron chi connectivity index (χ1n) is 5.67. The van der Waals surface area contributed by atoms with Gasteiger partial charge in [-0.1, -0.05) is 12.1 Å². The lowest BCUT2D eigenvalue weighted by atomic mass is 10.2. The summed E-state index contributed by atoms with van der Waals surface area (Å²) >= 11 is 0. The number of rotatable bonds is 3. The fourth-order valence-electron chi connectivity index (χ4n) is 1.57. The van der Waals surface area contributed by atoms with E-state index in [-0.39, 0.29) is 23.7 Å². The SMILES string of the molecule is Nc1cnc(C(F)(F)F)cc1NCc1ccc(F)cc1. The molecule has 0 fully saturated rings. The van der Waals surface area contributed by atoms with E-state index in [9.17, 15) is 17.6 Å². The molecule has 0 spiro atoms. The number of aromatic nitrogens is 1. The van der Waals surface area contributed by atoms with Crippen molar-refractivity contribution in [1.82, 2.24) is 4.98 Å². The van der Waals surface area contributed by atoms with Crippen LogP contribution in [0.25, 0.3) is 0 Å². The zero-order valence-electron chi connectivity index (χ0n) is 10.2. The number of hydrogen-bond acceptors (Lipinski definition) is 3. The number of hydrogen-bond donors (Lipinski definition) is 2. The predicted octanol–water partition coefficient (Wildman–Crippen LogP) is 3.43. The lowest BCUT2D eigenvalue weighted by Gasteiger charge is -2.12. The lowest BCUT2D eigenvalue weighted by molar-refractivity contribution is -0.141. The number of halogens is 4. The van der Waals surface area contributed by atoms with Gasteiger partial charge in [0.1, 0.15) is 11.5 Å². The monoisotopic (exact) mass is 285 g/mol. The van der Waals surface area contributed by atoms with Gasteiger partial charge in [-0.25, -0.2) is 9.37 Å². The highest BCUT2D eigenvalue weighted by Gasteiger charge is 2.32.